The van der Waals surface area contributed by atoms with E-state index >= 15 is 0 Å². The molecule has 0 saturated carbocycles. The maximum Gasteiger partial charge on any atom is 0.159 e. The molecule has 0 bridgehead atoms. The van der Waals surface area contributed by atoms with E-state index in [2.05, 4.69) is 56.4 Å². The van der Waals surface area contributed by atoms with Crippen LogP contribution in [0.1, 0.15) is 11.1 Å². The highest BCUT2D eigenvalue weighted by Gasteiger charge is 2.11. The second-order valence-electron chi connectivity index (χ2n) is 7.98. The number of rotatable bonds is 7. The normalized spacial score (nSPS) is 14.7. The summed E-state index contributed by atoms with van der Waals surface area (Å²) in [6.45, 7) is 7.71. The van der Waals surface area contributed by atoms with E-state index in [1.807, 2.05) is 22.9 Å². The van der Waals surface area contributed by atoms with E-state index in [4.69, 9.17) is 9.47 Å². The highest BCUT2D eigenvalue weighted by Crippen LogP contribution is 2.20. The minimum atomic E-state index is 0.615. The van der Waals surface area contributed by atoms with Gasteiger partial charge in [-0.25, -0.2) is 14.6 Å². The van der Waals surface area contributed by atoms with Gasteiger partial charge in [-0.15, -0.1) is 5.10 Å². The molecule has 32 heavy (non-hydrogen) atoms. The number of hydrogen-bond donors (Lipinski definition) is 0. The fraction of sp³-hybridized carbons (Fsp3) is 0.333. The van der Waals surface area contributed by atoms with Gasteiger partial charge in [-0.1, -0.05) is 29.5 Å². The van der Waals surface area contributed by atoms with Crippen molar-refractivity contribution in [3.63, 3.8) is 0 Å². The number of ether oxygens (including phenoxy) is 2. The molecule has 0 atom stereocenters. The van der Waals surface area contributed by atoms with Gasteiger partial charge in [0.1, 0.15) is 12.1 Å². The Hall–Kier alpha value is -3.36. The smallest absolute Gasteiger partial charge is 0.159 e. The maximum atomic E-state index is 5.82. The molecule has 5 rings (SSSR count). The van der Waals surface area contributed by atoms with Crippen LogP contribution in [0.25, 0.3) is 22.4 Å². The van der Waals surface area contributed by atoms with E-state index in [0.29, 0.717) is 24.7 Å². The average molecular weight is 431 g/mol. The lowest BCUT2D eigenvalue weighted by atomic mass is 10.1. The largest absolute Gasteiger partial charge is 0.489 e. The SMILES string of the molecule is Cc1ccc2nnn(Cc3cccc(-c4ncc(OCCN5CCOCC5)cn4)c3)c2c1. The summed E-state index contributed by atoms with van der Waals surface area (Å²) in [5.41, 5.74) is 5.20. The van der Waals surface area contributed by atoms with Crippen molar-refractivity contribution in [1.82, 2.24) is 29.9 Å². The minimum absolute atomic E-state index is 0.615. The third kappa shape index (κ3) is 4.76. The molecule has 2 aromatic heterocycles. The van der Waals surface area contributed by atoms with Gasteiger partial charge in [0.05, 0.1) is 37.7 Å². The van der Waals surface area contributed by atoms with Crippen LogP contribution in [0, 0.1) is 6.92 Å². The second-order valence-corrected chi connectivity index (χ2v) is 7.98. The van der Waals surface area contributed by atoms with Crippen molar-refractivity contribution in [2.45, 2.75) is 13.5 Å². The lowest BCUT2D eigenvalue weighted by molar-refractivity contribution is 0.0322. The molecule has 164 valence electrons. The summed E-state index contributed by atoms with van der Waals surface area (Å²) in [4.78, 5) is 11.4. The standard InChI is InChI=1S/C24H26N6O2/c1-18-5-6-22-23(13-18)30(28-27-22)17-19-3-2-4-20(14-19)24-25-15-21(16-26-24)32-12-9-29-7-10-31-11-8-29/h2-6,13-16H,7-12,17H2,1H3. The summed E-state index contributed by atoms with van der Waals surface area (Å²) in [7, 11) is 0. The van der Waals surface area contributed by atoms with Gasteiger partial charge in [-0.3, -0.25) is 4.90 Å². The van der Waals surface area contributed by atoms with Crippen molar-refractivity contribution in [3.05, 3.63) is 66.0 Å². The number of benzene rings is 2. The molecular weight excluding hydrogens is 404 g/mol. The Morgan fingerprint density at radius 2 is 1.88 bits per heavy atom. The second kappa shape index (κ2) is 9.42. The topological polar surface area (TPSA) is 78.2 Å². The molecule has 0 N–H and O–H groups in total. The van der Waals surface area contributed by atoms with Gasteiger partial charge < -0.3 is 9.47 Å². The highest BCUT2D eigenvalue weighted by atomic mass is 16.5. The van der Waals surface area contributed by atoms with Gasteiger partial charge in [0.25, 0.3) is 0 Å². The van der Waals surface area contributed by atoms with Gasteiger partial charge in [0.15, 0.2) is 11.6 Å². The van der Waals surface area contributed by atoms with Crippen LogP contribution in [0.4, 0.5) is 0 Å². The summed E-state index contributed by atoms with van der Waals surface area (Å²) in [5, 5.41) is 8.58. The summed E-state index contributed by atoms with van der Waals surface area (Å²) < 4.78 is 13.1. The van der Waals surface area contributed by atoms with Crippen molar-refractivity contribution >= 4 is 11.0 Å². The zero-order chi connectivity index (χ0) is 21.8. The van der Waals surface area contributed by atoms with E-state index in [1.54, 1.807) is 12.4 Å². The molecule has 1 saturated heterocycles. The molecular formula is C24H26N6O2. The Morgan fingerprint density at radius 3 is 2.72 bits per heavy atom. The van der Waals surface area contributed by atoms with Gasteiger partial charge >= 0.3 is 0 Å². The minimum Gasteiger partial charge on any atom is -0.489 e. The first-order valence-corrected chi connectivity index (χ1v) is 10.9. The molecule has 4 aromatic rings. The van der Waals surface area contributed by atoms with Gasteiger partial charge in [-0.2, -0.15) is 0 Å². The monoisotopic (exact) mass is 430 g/mol. The molecule has 8 nitrogen and oxygen atoms in total. The zero-order valence-corrected chi connectivity index (χ0v) is 18.1. The van der Waals surface area contributed by atoms with Crippen LogP contribution in [0.5, 0.6) is 5.75 Å². The van der Waals surface area contributed by atoms with Crippen LogP contribution in [-0.2, 0) is 11.3 Å². The maximum absolute atomic E-state index is 5.82. The summed E-state index contributed by atoms with van der Waals surface area (Å²) in [6.07, 6.45) is 3.48. The Bertz CT molecular complexity index is 1180. The Balaban J connectivity index is 1.24. The first-order valence-electron chi connectivity index (χ1n) is 10.9. The van der Waals surface area contributed by atoms with Crippen LogP contribution in [0.3, 0.4) is 0 Å². The first-order chi connectivity index (χ1) is 15.7. The lowest BCUT2D eigenvalue weighted by Gasteiger charge is -2.26. The molecule has 2 aromatic carbocycles. The van der Waals surface area contributed by atoms with Crippen molar-refractivity contribution in [1.29, 1.82) is 0 Å². The van der Waals surface area contributed by atoms with E-state index in [1.165, 1.54) is 5.56 Å². The molecule has 0 amide bonds. The van der Waals surface area contributed by atoms with Crippen LogP contribution in [0.2, 0.25) is 0 Å². The number of fused-ring (bicyclic) bond motifs is 1. The van der Waals surface area contributed by atoms with Crippen molar-refractivity contribution in [2.24, 2.45) is 0 Å². The Morgan fingerprint density at radius 1 is 1.03 bits per heavy atom. The van der Waals surface area contributed by atoms with Crippen LogP contribution >= 0.6 is 0 Å². The molecule has 8 heteroatoms. The lowest BCUT2D eigenvalue weighted by Crippen LogP contribution is -2.38. The molecule has 1 aliphatic rings. The third-order valence-electron chi connectivity index (χ3n) is 5.60. The van der Waals surface area contributed by atoms with Crippen molar-refractivity contribution in [3.8, 4) is 17.1 Å². The van der Waals surface area contributed by atoms with E-state index in [9.17, 15) is 0 Å². The van der Waals surface area contributed by atoms with Crippen LogP contribution < -0.4 is 4.74 Å². The predicted octanol–water partition coefficient (Wildman–Crippen LogP) is 2.96. The average Bonchev–Trinajstić information content (AvgIpc) is 3.22. The van der Waals surface area contributed by atoms with Gasteiger partial charge in [0.2, 0.25) is 0 Å². The van der Waals surface area contributed by atoms with Crippen LogP contribution in [-0.4, -0.2) is 69.3 Å². The summed E-state index contributed by atoms with van der Waals surface area (Å²) in [6, 6.07) is 14.4. The molecule has 3 heterocycles. The number of aromatic nitrogens is 5. The summed E-state index contributed by atoms with van der Waals surface area (Å²) in [5.74, 6) is 1.36. The molecule has 1 fully saturated rings. The fourth-order valence-electron chi connectivity index (χ4n) is 3.83. The number of aryl methyl sites for hydroxylation is 1. The number of hydrogen-bond acceptors (Lipinski definition) is 7. The fourth-order valence-corrected chi connectivity index (χ4v) is 3.83. The quantitative estimate of drug-likeness (QED) is 0.446. The zero-order valence-electron chi connectivity index (χ0n) is 18.1. The molecule has 0 unspecified atom stereocenters. The number of nitrogens with zero attached hydrogens (tertiary/aromatic N) is 6. The van der Waals surface area contributed by atoms with Crippen molar-refractivity contribution in [2.75, 3.05) is 39.5 Å². The van der Waals surface area contributed by atoms with E-state index < -0.39 is 0 Å². The molecule has 0 aliphatic carbocycles. The van der Waals surface area contributed by atoms with E-state index in [0.717, 1.165) is 55.0 Å². The third-order valence-corrected chi connectivity index (χ3v) is 5.60. The first kappa shape index (κ1) is 20.5. The van der Waals surface area contributed by atoms with Crippen molar-refractivity contribution < 1.29 is 9.47 Å². The highest BCUT2D eigenvalue weighted by molar-refractivity contribution is 5.75. The summed E-state index contributed by atoms with van der Waals surface area (Å²) >= 11 is 0. The van der Waals surface area contributed by atoms with Gasteiger partial charge in [-0.05, 0) is 36.2 Å². The predicted molar refractivity (Wildman–Crippen MR) is 122 cm³/mol. The van der Waals surface area contributed by atoms with Gasteiger partial charge in [0, 0.05) is 25.2 Å². The molecule has 0 radical (unpaired) electrons. The Kier molecular flexibility index (Phi) is 6.04. The van der Waals surface area contributed by atoms with E-state index in [-0.39, 0.29) is 0 Å². The van der Waals surface area contributed by atoms with Crippen LogP contribution in [0.15, 0.2) is 54.9 Å². The Labute approximate surface area is 186 Å². The number of morpholine rings is 1. The molecule has 1 aliphatic heterocycles. The molecule has 0 spiro atoms.